The molecule has 0 fully saturated rings. The summed E-state index contributed by atoms with van der Waals surface area (Å²) in [6.07, 6.45) is 0. The second-order valence-electron chi connectivity index (χ2n) is 5.08. The first kappa shape index (κ1) is 18.5. The number of carbonyl (C=O) groups is 2. The van der Waals surface area contributed by atoms with Gasteiger partial charge in [0.1, 0.15) is 0 Å². The number of hydrogen-bond acceptors (Lipinski definition) is 3. The molecule has 0 aliphatic rings. The molecule has 0 aromatic heterocycles. The number of carbonyl (C=O) groups excluding carboxylic acids is 2. The van der Waals surface area contributed by atoms with Gasteiger partial charge in [-0.15, -0.1) is 0 Å². The zero-order valence-corrected chi connectivity index (χ0v) is 15.5. The van der Waals surface area contributed by atoms with Crippen molar-refractivity contribution in [2.45, 2.75) is 5.75 Å². The maximum absolute atomic E-state index is 11.9. The molecule has 0 atom stereocenters. The first-order valence-corrected chi connectivity index (χ1v) is 9.52. The molecule has 2 rings (SSSR count). The van der Waals surface area contributed by atoms with Crippen molar-refractivity contribution in [3.8, 4) is 0 Å². The number of hydrogen-bond donors (Lipinski definition) is 2. The SMILES string of the molecule is O=C(CNC(=O)c1cccc(Br)c1)NCCSCc1ccccc1. The van der Waals surface area contributed by atoms with Crippen LogP contribution in [0, 0.1) is 0 Å². The lowest BCUT2D eigenvalue weighted by molar-refractivity contribution is -0.120. The van der Waals surface area contributed by atoms with Crippen molar-refractivity contribution in [2.75, 3.05) is 18.8 Å². The van der Waals surface area contributed by atoms with Crippen LogP contribution in [0.15, 0.2) is 59.1 Å². The molecule has 0 radical (unpaired) electrons. The zero-order valence-electron chi connectivity index (χ0n) is 13.1. The number of rotatable bonds is 8. The monoisotopic (exact) mass is 406 g/mol. The molecule has 0 heterocycles. The summed E-state index contributed by atoms with van der Waals surface area (Å²) in [5, 5.41) is 5.42. The minimum absolute atomic E-state index is 0.0191. The Bertz CT molecular complexity index is 680. The molecule has 2 N–H and O–H groups in total. The van der Waals surface area contributed by atoms with Gasteiger partial charge in [0.15, 0.2) is 0 Å². The molecule has 0 unspecified atom stereocenters. The van der Waals surface area contributed by atoms with E-state index in [0.717, 1.165) is 16.0 Å². The molecule has 0 aliphatic carbocycles. The Morgan fingerprint density at radius 1 is 1.00 bits per heavy atom. The molecule has 2 amide bonds. The molecule has 0 spiro atoms. The van der Waals surface area contributed by atoms with Crippen molar-refractivity contribution in [1.29, 1.82) is 0 Å². The summed E-state index contributed by atoms with van der Waals surface area (Å²) in [5.74, 6) is 1.32. The second kappa shape index (κ2) is 10.2. The van der Waals surface area contributed by atoms with E-state index in [1.807, 2.05) is 24.3 Å². The van der Waals surface area contributed by atoms with E-state index < -0.39 is 0 Å². The Morgan fingerprint density at radius 2 is 1.79 bits per heavy atom. The second-order valence-corrected chi connectivity index (χ2v) is 7.10. The van der Waals surface area contributed by atoms with Gasteiger partial charge in [-0.05, 0) is 23.8 Å². The van der Waals surface area contributed by atoms with E-state index in [1.165, 1.54) is 5.56 Å². The Labute approximate surface area is 154 Å². The van der Waals surface area contributed by atoms with E-state index in [9.17, 15) is 9.59 Å². The first-order chi connectivity index (χ1) is 11.6. The highest BCUT2D eigenvalue weighted by molar-refractivity contribution is 9.10. The standard InChI is InChI=1S/C18H19BrN2O2S/c19-16-8-4-7-15(11-16)18(23)21-12-17(22)20-9-10-24-13-14-5-2-1-3-6-14/h1-8,11H,9-10,12-13H2,(H,20,22)(H,21,23). The number of halogens is 1. The van der Waals surface area contributed by atoms with Crippen LogP contribution in [-0.4, -0.2) is 30.7 Å². The smallest absolute Gasteiger partial charge is 0.251 e. The van der Waals surface area contributed by atoms with Gasteiger partial charge in [-0.25, -0.2) is 0 Å². The third-order valence-electron chi connectivity index (χ3n) is 3.18. The molecule has 4 nitrogen and oxygen atoms in total. The van der Waals surface area contributed by atoms with Crippen molar-refractivity contribution in [3.63, 3.8) is 0 Å². The number of thioether (sulfide) groups is 1. The maximum atomic E-state index is 11.9. The van der Waals surface area contributed by atoms with E-state index in [1.54, 1.807) is 30.0 Å². The van der Waals surface area contributed by atoms with Gasteiger partial charge >= 0.3 is 0 Å². The summed E-state index contributed by atoms with van der Waals surface area (Å²) in [4.78, 5) is 23.7. The Morgan fingerprint density at radius 3 is 2.54 bits per heavy atom. The van der Waals surface area contributed by atoms with Gasteiger partial charge in [-0.3, -0.25) is 9.59 Å². The summed E-state index contributed by atoms with van der Waals surface area (Å²) in [5.41, 5.74) is 1.80. The van der Waals surface area contributed by atoms with Crippen LogP contribution < -0.4 is 10.6 Å². The third kappa shape index (κ3) is 6.76. The minimum atomic E-state index is -0.259. The van der Waals surface area contributed by atoms with Gasteiger partial charge in [-0.1, -0.05) is 52.3 Å². The van der Waals surface area contributed by atoms with Gasteiger partial charge in [0.25, 0.3) is 5.91 Å². The van der Waals surface area contributed by atoms with Gasteiger partial charge in [-0.2, -0.15) is 11.8 Å². The molecular formula is C18H19BrN2O2S. The molecular weight excluding hydrogens is 388 g/mol. The predicted octanol–water partition coefficient (Wildman–Crippen LogP) is 3.23. The number of nitrogens with one attached hydrogen (secondary N) is 2. The van der Waals surface area contributed by atoms with E-state index in [4.69, 9.17) is 0 Å². The highest BCUT2D eigenvalue weighted by atomic mass is 79.9. The van der Waals surface area contributed by atoms with Gasteiger partial charge < -0.3 is 10.6 Å². The lowest BCUT2D eigenvalue weighted by Gasteiger charge is -2.07. The Hall–Kier alpha value is -1.79. The minimum Gasteiger partial charge on any atom is -0.354 e. The molecule has 24 heavy (non-hydrogen) atoms. The summed E-state index contributed by atoms with van der Waals surface area (Å²) < 4.78 is 0.829. The predicted molar refractivity (Wildman–Crippen MR) is 102 cm³/mol. The van der Waals surface area contributed by atoms with Crippen LogP contribution in [-0.2, 0) is 10.5 Å². The molecule has 0 aliphatic heterocycles. The van der Waals surface area contributed by atoms with Crippen LogP contribution in [0.25, 0.3) is 0 Å². The number of benzene rings is 2. The highest BCUT2D eigenvalue weighted by Crippen LogP contribution is 2.11. The molecule has 126 valence electrons. The highest BCUT2D eigenvalue weighted by Gasteiger charge is 2.07. The molecule has 0 saturated carbocycles. The Kier molecular flexibility index (Phi) is 7.85. The normalized spacial score (nSPS) is 10.2. The average Bonchev–Trinajstić information content (AvgIpc) is 2.60. The summed E-state index contributed by atoms with van der Waals surface area (Å²) >= 11 is 5.08. The third-order valence-corrected chi connectivity index (χ3v) is 4.70. The number of amides is 2. The quantitative estimate of drug-likeness (QED) is 0.661. The average molecular weight is 407 g/mol. The van der Waals surface area contributed by atoms with Crippen LogP contribution in [0.4, 0.5) is 0 Å². The van der Waals surface area contributed by atoms with E-state index in [0.29, 0.717) is 12.1 Å². The topological polar surface area (TPSA) is 58.2 Å². The maximum Gasteiger partial charge on any atom is 0.251 e. The van der Waals surface area contributed by atoms with Crippen LogP contribution in [0.5, 0.6) is 0 Å². The van der Waals surface area contributed by atoms with Crippen molar-refractivity contribution < 1.29 is 9.59 Å². The molecule has 0 saturated heterocycles. The summed E-state index contributed by atoms with van der Waals surface area (Å²) in [6.45, 7) is 0.567. The molecule has 2 aromatic rings. The fourth-order valence-electron chi connectivity index (χ4n) is 1.98. The lowest BCUT2D eigenvalue weighted by Crippen LogP contribution is -2.37. The Balaban J connectivity index is 1.59. The van der Waals surface area contributed by atoms with Crippen LogP contribution in [0.2, 0.25) is 0 Å². The van der Waals surface area contributed by atoms with Crippen molar-refractivity contribution >= 4 is 39.5 Å². The van der Waals surface area contributed by atoms with Crippen molar-refractivity contribution in [2.24, 2.45) is 0 Å². The van der Waals surface area contributed by atoms with Crippen molar-refractivity contribution in [1.82, 2.24) is 10.6 Å². The molecule has 2 aromatic carbocycles. The first-order valence-electron chi connectivity index (χ1n) is 7.57. The fourth-order valence-corrected chi connectivity index (χ4v) is 3.20. The van der Waals surface area contributed by atoms with Gasteiger partial charge in [0, 0.05) is 28.1 Å². The van der Waals surface area contributed by atoms with E-state index >= 15 is 0 Å². The fraction of sp³-hybridized carbons (Fsp3) is 0.222. The van der Waals surface area contributed by atoms with Crippen LogP contribution in [0.3, 0.4) is 0 Å². The summed E-state index contributed by atoms with van der Waals surface area (Å²) in [6, 6.07) is 17.3. The molecule has 6 heteroatoms. The molecule has 0 bridgehead atoms. The van der Waals surface area contributed by atoms with Crippen LogP contribution in [0.1, 0.15) is 15.9 Å². The van der Waals surface area contributed by atoms with Crippen molar-refractivity contribution in [3.05, 3.63) is 70.2 Å². The lowest BCUT2D eigenvalue weighted by atomic mass is 10.2. The van der Waals surface area contributed by atoms with Gasteiger partial charge in [0.2, 0.25) is 5.91 Å². The van der Waals surface area contributed by atoms with E-state index in [2.05, 4.69) is 38.7 Å². The largest absolute Gasteiger partial charge is 0.354 e. The zero-order chi connectivity index (χ0) is 17.2. The van der Waals surface area contributed by atoms with E-state index in [-0.39, 0.29) is 18.4 Å². The van der Waals surface area contributed by atoms with Gasteiger partial charge in [0.05, 0.1) is 6.54 Å². The summed E-state index contributed by atoms with van der Waals surface area (Å²) in [7, 11) is 0. The van der Waals surface area contributed by atoms with Crippen LogP contribution >= 0.6 is 27.7 Å².